The van der Waals surface area contributed by atoms with Gasteiger partial charge in [0.1, 0.15) is 0 Å². The number of nitrogens with zero attached hydrogens (tertiary/aromatic N) is 1. The Balaban J connectivity index is 2.60. The van der Waals surface area contributed by atoms with Gasteiger partial charge < -0.3 is 10.1 Å². The molecule has 1 fully saturated rings. The van der Waals surface area contributed by atoms with E-state index in [-0.39, 0.29) is 12.1 Å². The van der Waals surface area contributed by atoms with E-state index in [2.05, 4.69) is 5.32 Å². The van der Waals surface area contributed by atoms with Gasteiger partial charge >= 0.3 is 6.18 Å². The molecule has 1 N–H and O–H groups in total. The second kappa shape index (κ2) is 7.31. The van der Waals surface area contributed by atoms with Crippen LogP contribution < -0.4 is 5.32 Å². The minimum absolute atomic E-state index is 0.0275. The molecule has 1 aliphatic rings. The van der Waals surface area contributed by atoms with E-state index in [0.29, 0.717) is 13.0 Å². The van der Waals surface area contributed by atoms with Gasteiger partial charge in [0.05, 0.1) is 6.54 Å². The number of rotatable bonds is 6. The normalized spacial score (nSPS) is 20.3. The molecule has 0 aromatic heterocycles. The Morgan fingerprint density at radius 3 is 2.44 bits per heavy atom. The topological polar surface area (TPSA) is 24.5 Å². The van der Waals surface area contributed by atoms with Crippen molar-refractivity contribution in [3.05, 3.63) is 0 Å². The Labute approximate surface area is 107 Å². The summed E-state index contributed by atoms with van der Waals surface area (Å²) in [6, 6.07) is -0.0746. The molecule has 0 aliphatic carbocycles. The van der Waals surface area contributed by atoms with Crippen LogP contribution in [0.5, 0.6) is 0 Å². The van der Waals surface area contributed by atoms with Gasteiger partial charge in [0, 0.05) is 25.8 Å². The molecular formula is C12H23F3N2O. The molecule has 1 rings (SSSR count). The third kappa shape index (κ3) is 5.54. The monoisotopic (exact) mass is 268 g/mol. The van der Waals surface area contributed by atoms with Gasteiger partial charge in [-0.2, -0.15) is 13.2 Å². The molecule has 3 nitrogen and oxygen atoms in total. The summed E-state index contributed by atoms with van der Waals surface area (Å²) in [6.45, 7) is 3.14. The molecule has 0 spiro atoms. The minimum atomic E-state index is -4.13. The van der Waals surface area contributed by atoms with E-state index in [1.54, 1.807) is 12.0 Å². The predicted molar refractivity (Wildman–Crippen MR) is 64.6 cm³/mol. The van der Waals surface area contributed by atoms with Gasteiger partial charge in [0.15, 0.2) is 0 Å². The summed E-state index contributed by atoms with van der Waals surface area (Å²) in [5.41, 5.74) is 0. The summed E-state index contributed by atoms with van der Waals surface area (Å²) in [6.07, 6.45) is -1.93. The molecule has 1 unspecified atom stereocenters. The number of nitrogens with one attached hydrogen (secondary N) is 1. The molecule has 0 bridgehead atoms. The average molecular weight is 268 g/mol. The highest BCUT2D eigenvalue weighted by Gasteiger charge is 2.36. The van der Waals surface area contributed by atoms with Crippen molar-refractivity contribution in [2.75, 3.05) is 33.4 Å². The first kappa shape index (κ1) is 15.7. The maximum Gasteiger partial charge on any atom is 0.401 e. The largest absolute Gasteiger partial charge is 0.401 e. The van der Waals surface area contributed by atoms with Crippen LogP contribution in [-0.2, 0) is 4.74 Å². The first-order chi connectivity index (χ1) is 8.44. The van der Waals surface area contributed by atoms with Crippen LogP contribution in [0.1, 0.15) is 26.2 Å². The Morgan fingerprint density at radius 2 is 1.94 bits per heavy atom. The van der Waals surface area contributed by atoms with Crippen LogP contribution in [0.15, 0.2) is 0 Å². The third-order valence-corrected chi connectivity index (χ3v) is 3.45. The van der Waals surface area contributed by atoms with E-state index in [0.717, 1.165) is 25.9 Å². The van der Waals surface area contributed by atoms with Crippen LogP contribution >= 0.6 is 0 Å². The zero-order chi connectivity index (χ0) is 13.6. The van der Waals surface area contributed by atoms with E-state index in [9.17, 15) is 13.2 Å². The molecule has 0 saturated carbocycles. The van der Waals surface area contributed by atoms with Gasteiger partial charge in [0.25, 0.3) is 0 Å². The van der Waals surface area contributed by atoms with Crippen molar-refractivity contribution in [1.82, 2.24) is 10.2 Å². The summed E-state index contributed by atoms with van der Waals surface area (Å²) < 4.78 is 42.9. The first-order valence-electron chi connectivity index (χ1n) is 6.46. The minimum Gasteiger partial charge on any atom is -0.385 e. The molecule has 1 aliphatic heterocycles. The van der Waals surface area contributed by atoms with Gasteiger partial charge in [0.2, 0.25) is 0 Å². The number of piperidine rings is 1. The lowest BCUT2D eigenvalue weighted by Crippen LogP contribution is -2.50. The van der Waals surface area contributed by atoms with E-state index in [4.69, 9.17) is 4.74 Å². The highest BCUT2D eigenvalue weighted by Crippen LogP contribution is 2.24. The zero-order valence-electron chi connectivity index (χ0n) is 11.1. The van der Waals surface area contributed by atoms with E-state index >= 15 is 0 Å². The van der Waals surface area contributed by atoms with Crippen molar-refractivity contribution in [3.63, 3.8) is 0 Å². The molecule has 0 aromatic carbocycles. The molecule has 18 heavy (non-hydrogen) atoms. The van der Waals surface area contributed by atoms with Crippen molar-refractivity contribution in [2.24, 2.45) is 0 Å². The average Bonchev–Trinajstić information content (AvgIpc) is 2.33. The van der Waals surface area contributed by atoms with Crippen LogP contribution in [0, 0.1) is 0 Å². The highest BCUT2D eigenvalue weighted by molar-refractivity contribution is 4.82. The number of hydrogen-bond donors (Lipinski definition) is 1. The van der Waals surface area contributed by atoms with Crippen LogP contribution in [0.4, 0.5) is 13.2 Å². The highest BCUT2D eigenvalue weighted by atomic mass is 19.4. The van der Waals surface area contributed by atoms with E-state index in [1.807, 2.05) is 6.92 Å². The number of ether oxygens (including phenoxy) is 1. The second-order valence-electron chi connectivity index (χ2n) is 4.90. The zero-order valence-corrected chi connectivity index (χ0v) is 11.1. The molecule has 0 radical (unpaired) electrons. The Kier molecular flexibility index (Phi) is 6.38. The quantitative estimate of drug-likeness (QED) is 0.797. The van der Waals surface area contributed by atoms with Crippen molar-refractivity contribution in [1.29, 1.82) is 0 Å². The first-order valence-corrected chi connectivity index (χ1v) is 6.46. The lowest BCUT2D eigenvalue weighted by atomic mass is 10.0. The SMILES string of the molecule is COCCC(C)N(CC(F)(F)F)C1CCNCC1. The third-order valence-electron chi connectivity index (χ3n) is 3.45. The molecular weight excluding hydrogens is 245 g/mol. The lowest BCUT2D eigenvalue weighted by molar-refractivity contribution is -0.158. The molecule has 1 saturated heterocycles. The Bertz CT molecular complexity index is 230. The summed E-state index contributed by atoms with van der Waals surface area (Å²) in [5, 5.41) is 3.18. The maximum atomic E-state index is 12.7. The van der Waals surface area contributed by atoms with Crippen molar-refractivity contribution in [2.45, 2.75) is 44.4 Å². The molecule has 108 valence electrons. The van der Waals surface area contributed by atoms with Gasteiger partial charge in [-0.25, -0.2) is 0 Å². The van der Waals surface area contributed by atoms with Gasteiger partial charge in [-0.05, 0) is 39.3 Å². The second-order valence-corrected chi connectivity index (χ2v) is 4.90. The Hall–Kier alpha value is -0.330. The van der Waals surface area contributed by atoms with Crippen LogP contribution in [0.2, 0.25) is 0 Å². The fraction of sp³-hybridized carbons (Fsp3) is 1.00. The fourth-order valence-electron chi connectivity index (χ4n) is 2.44. The van der Waals surface area contributed by atoms with Gasteiger partial charge in [-0.1, -0.05) is 0 Å². The number of methoxy groups -OCH3 is 1. The van der Waals surface area contributed by atoms with Crippen LogP contribution in [0.25, 0.3) is 0 Å². The number of hydrogen-bond acceptors (Lipinski definition) is 3. The summed E-state index contributed by atoms with van der Waals surface area (Å²) in [4.78, 5) is 1.60. The Morgan fingerprint density at radius 1 is 1.33 bits per heavy atom. The standard InChI is InChI=1S/C12H23F3N2O/c1-10(5-8-18-2)17(9-12(13,14)15)11-3-6-16-7-4-11/h10-11,16H,3-9H2,1-2H3. The predicted octanol–water partition coefficient (Wildman–Crippen LogP) is 2.03. The lowest BCUT2D eigenvalue weighted by Gasteiger charge is -2.39. The molecule has 0 amide bonds. The number of alkyl halides is 3. The molecule has 1 atom stereocenters. The van der Waals surface area contributed by atoms with Crippen molar-refractivity contribution in [3.8, 4) is 0 Å². The van der Waals surface area contributed by atoms with Crippen molar-refractivity contribution < 1.29 is 17.9 Å². The molecule has 0 aromatic rings. The van der Waals surface area contributed by atoms with Crippen molar-refractivity contribution >= 4 is 0 Å². The van der Waals surface area contributed by atoms with E-state index in [1.165, 1.54) is 0 Å². The fourth-order valence-corrected chi connectivity index (χ4v) is 2.44. The summed E-state index contributed by atoms with van der Waals surface area (Å²) in [7, 11) is 1.57. The van der Waals surface area contributed by atoms with Gasteiger partial charge in [-0.3, -0.25) is 4.90 Å². The summed E-state index contributed by atoms with van der Waals surface area (Å²) in [5.74, 6) is 0. The number of halogens is 3. The van der Waals surface area contributed by atoms with Crippen LogP contribution in [0.3, 0.4) is 0 Å². The maximum absolute atomic E-state index is 12.7. The smallest absolute Gasteiger partial charge is 0.385 e. The molecule has 6 heteroatoms. The van der Waals surface area contributed by atoms with Gasteiger partial charge in [-0.15, -0.1) is 0 Å². The summed E-state index contributed by atoms with van der Waals surface area (Å²) >= 11 is 0. The van der Waals surface area contributed by atoms with E-state index < -0.39 is 12.7 Å². The molecule has 1 heterocycles. The van der Waals surface area contributed by atoms with Crippen LogP contribution in [-0.4, -0.2) is 56.5 Å².